The van der Waals surface area contributed by atoms with Gasteiger partial charge in [0.25, 0.3) is 0 Å². The third-order valence-electron chi connectivity index (χ3n) is 3.31. The molecule has 0 aliphatic heterocycles. The van der Waals surface area contributed by atoms with Crippen molar-refractivity contribution < 1.29 is 14.6 Å². The molecule has 0 spiro atoms. The maximum atomic E-state index is 10.6. The number of aliphatic carboxylic acids is 1. The van der Waals surface area contributed by atoms with Crippen molar-refractivity contribution in [2.75, 3.05) is 14.2 Å². The van der Waals surface area contributed by atoms with E-state index in [0.717, 1.165) is 24.2 Å². The minimum atomic E-state index is -0.746. The van der Waals surface area contributed by atoms with Gasteiger partial charge in [-0.3, -0.25) is 4.79 Å². The second-order valence-corrected chi connectivity index (χ2v) is 4.56. The highest BCUT2D eigenvalue weighted by Gasteiger charge is 2.15. The van der Waals surface area contributed by atoms with Crippen molar-refractivity contribution >= 4 is 5.97 Å². The van der Waals surface area contributed by atoms with E-state index in [1.807, 2.05) is 13.1 Å². The van der Waals surface area contributed by atoms with Crippen LogP contribution in [0, 0.1) is 0 Å². The van der Waals surface area contributed by atoms with E-state index < -0.39 is 5.97 Å². The Morgan fingerprint density at radius 3 is 2.74 bits per heavy atom. The summed E-state index contributed by atoms with van der Waals surface area (Å²) in [5.41, 5.74) is 2.36. The second-order valence-electron chi connectivity index (χ2n) is 4.56. The largest absolute Gasteiger partial charge is 0.496 e. The van der Waals surface area contributed by atoms with Crippen LogP contribution in [0.2, 0.25) is 0 Å². The van der Waals surface area contributed by atoms with Crippen LogP contribution in [0.5, 0.6) is 5.75 Å². The lowest BCUT2D eigenvalue weighted by Crippen LogP contribution is -2.18. The average molecular weight is 265 g/mol. The number of aryl methyl sites for hydroxylation is 1. The van der Waals surface area contributed by atoms with E-state index >= 15 is 0 Å². The Balaban J connectivity index is 2.85. The normalized spacial score (nSPS) is 12.2. The molecule has 0 fully saturated rings. The van der Waals surface area contributed by atoms with Gasteiger partial charge >= 0.3 is 5.97 Å². The molecule has 106 valence electrons. The van der Waals surface area contributed by atoms with Crippen LogP contribution < -0.4 is 10.1 Å². The van der Waals surface area contributed by atoms with E-state index in [9.17, 15) is 4.79 Å². The molecule has 0 aliphatic carbocycles. The molecule has 4 heteroatoms. The lowest BCUT2D eigenvalue weighted by molar-refractivity contribution is -0.137. The topological polar surface area (TPSA) is 58.6 Å². The molecule has 0 heterocycles. The van der Waals surface area contributed by atoms with Gasteiger partial charge in [-0.25, -0.2) is 0 Å². The number of carboxylic acids is 1. The quantitative estimate of drug-likeness (QED) is 0.759. The first-order chi connectivity index (χ1) is 9.12. The van der Waals surface area contributed by atoms with E-state index in [4.69, 9.17) is 9.84 Å². The third kappa shape index (κ3) is 4.56. The molecular formula is C15H23NO3. The summed E-state index contributed by atoms with van der Waals surface area (Å²) >= 11 is 0. The van der Waals surface area contributed by atoms with E-state index in [-0.39, 0.29) is 12.5 Å². The van der Waals surface area contributed by atoms with Gasteiger partial charge in [-0.05, 0) is 37.9 Å². The van der Waals surface area contributed by atoms with Crippen LogP contribution in [0.15, 0.2) is 18.2 Å². The molecule has 1 aromatic rings. The van der Waals surface area contributed by atoms with Crippen LogP contribution in [0.3, 0.4) is 0 Å². The van der Waals surface area contributed by atoms with Crippen molar-refractivity contribution in [1.29, 1.82) is 0 Å². The first kappa shape index (κ1) is 15.5. The second kappa shape index (κ2) is 7.79. The molecule has 0 aromatic heterocycles. The lowest BCUT2D eigenvalue weighted by Gasteiger charge is -2.20. The van der Waals surface area contributed by atoms with Crippen molar-refractivity contribution in [3.8, 4) is 5.75 Å². The van der Waals surface area contributed by atoms with E-state index in [1.54, 1.807) is 7.11 Å². The molecule has 0 amide bonds. The third-order valence-corrected chi connectivity index (χ3v) is 3.31. The number of ether oxygens (including phenoxy) is 1. The smallest absolute Gasteiger partial charge is 0.303 e. The van der Waals surface area contributed by atoms with Crippen molar-refractivity contribution in [2.45, 2.75) is 38.6 Å². The van der Waals surface area contributed by atoms with Gasteiger partial charge in [0.2, 0.25) is 0 Å². The Labute approximate surface area is 114 Å². The van der Waals surface area contributed by atoms with Gasteiger partial charge in [-0.1, -0.05) is 19.1 Å². The molecule has 0 bridgehead atoms. The van der Waals surface area contributed by atoms with Gasteiger partial charge < -0.3 is 15.2 Å². The molecule has 1 rings (SSSR count). The molecule has 1 aromatic carbocycles. The van der Waals surface area contributed by atoms with Crippen LogP contribution in [-0.4, -0.2) is 25.2 Å². The van der Waals surface area contributed by atoms with Crippen molar-refractivity contribution in [3.05, 3.63) is 29.3 Å². The highest BCUT2D eigenvalue weighted by molar-refractivity contribution is 5.66. The van der Waals surface area contributed by atoms with Crippen LogP contribution in [0.4, 0.5) is 0 Å². The predicted molar refractivity (Wildman–Crippen MR) is 75.7 cm³/mol. The van der Waals surface area contributed by atoms with Gasteiger partial charge in [-0.2, -0.15) is 0 Å². The zero-order valence-electron chi connectivity index (χ0n) is 11.9. The number of carboxylic acid groups (broad SMARTS) is 1. The van der Waals surface area contributed by atoms with E-state index in [0.29, 0.717) is 6.42 Å². The molecule has 1 atom stereocenters. The monoisotopic (exact) mass is 265 g/mol. The zero-order valence-corrected chi connectivity index (χ0v) is 11.9. The highest BCUT2D eigenvalue weighted by Crippen LogP contribution is 2.29. The van der Waals surface area contributed by atoms with Crippen LogP contribution >= 0.6 is 0 Å². The summed E-state index contributed by atoms with van der Waals surface area (Å²) in [6, 6.07) is 6.31. The summed E-state index contributed by atoms with van der Waals surface area (Å²) in [7, 11) is 3.55. The number of carbonyl (C=O) groups is 1. The maximum Gasteiger partial charge on any atom is 0.303 e. The Bertz CT molecular complexity index is 418. The molecule has 0 radical (unpaired) electrons. The number of hydrogen-bond donors (Lipinski definition) is 2. The Hall–Kier alpha value is -1.55. The standard InChI is InChI=1S/C15H23NO3/c1-4-11-8-9-14(19-3)12(10-11)13(16-2)6-5-7-15(17)18/h8-10,13,16H,4-7H2,1-3H3,(H,17,18). The zero-order chi connectivity index (χ0) is 14.3. The highest BCUT2D eigenvalue weighted by atomic mass is 16.5. The van der Waals surface area contributed by atoms with Crippen molar-refractivity contribution in [2.24, 2.45) is 0 Å². The fourth-order valence-electron chi connectivity index (χ4n) is 2.19. The maximum absolute atomic E-state index is 10.6. The van der Waals surface area contributed by atoms with Gasteiger partial charge in [0.05, 0.1) is 7.11 Å². The summed E-state index contributed by atoms with van der Waals surface area (Å²) < 4.78 is 5.40. The number of methoxy groups -OCH3 is 1. The summed E-state index contributed by atoms with van der Waals surface area (Å²) in [5.74, 6) is 0.107. The number of benzene rings is 1. The molecule has 0 aliphatic rings. The fraction of sp³-hybridized carbons (Fsp3) is 0.533. The van der Waals surface area contributed by atoms with Crippen LogP contribution in [0.25, 0.3) is 0 Å². The number of nitrogens with one attached hydrogen (secondary N) is 1. The summed E-state index contributed by atoms with van der Waals surface area (Å²) in [4.78, 5) is 10.6. The molecule has 0 saturated carbocycles. The Morgan fingerprint density at radius 1 is 1.47 bits per heavy atom. The summed E-state index contributed by atoms with van der Waals surface area (Å²) in [6.07, 6.45) is 2.61. The number of rotatable bonds is 8. The van der Waals surface area contributed by atoms with Gasteiger partial charge in [-0.15, -0.1) is 0 Å². The van der Waals surface area contributed by atoms with E-state index in [1.165, 1.54) is 5.56 Å². The molecule has 1 unspecified atom stereocenters. The molecule has 4 nitrogen and oxygen atoms in total. The molecule has 19 heavy (non-hydrogen) atoms. The first-order valence-corrected chi connectivity index (χ1v) is 6.68. The summed E-state index contributed by atoms with van der Waals surface area (Å²) in [6.45, 7) is 2.12. The van der Waals surface area contributed by atoms with Gasteiger partial charge in [0.1, 0.15) is 5.75 Å². The SMILES string of the molecule is CCc1ccc(OC)c(C(CCCC(=O)O)NC)c1. The van der Waals surface area contributed by atoms with Crippen molar-refractivity contribution in [3.63, 3.8) is 0 Å². The minimum absolute atomic E-state index is 0.126. The van der Waals surface area contributed by atoms with Crippen LogP contribution in [0.1, 0.15) is 43.4 Å². The molecule has 0 saturated heterocycles. The average Bonchev–Trinajstić information content (AvgIpc) is 2.42. The number of hydrogen-bond acceptors (Lipinski definition) is 3. The van der Waals surface area contributed by atoms with Gasteiger partial charge in [0, 0.05) is 18.0 Å². The minimum Gasteiger partial charge on any atom is -0.496 e. The van der Waals surface area contributed by atoms with E-state index in [2.05, 4.69) is 24.4 Å². The molecule has 2 N–H and O–H groups in total. The van der Waals surface area contributed by atoms with Crippen LogP contribution in [-0.2, 0) is 11.2 Å². The fourth-order valence-corrected chi connectivity index (χ4v) is 2.19. The Kier molecular flexibility index (Phi) is 6.36. The molecular weight excluding hydrogens is 242 g/mol. The Morgan fingerprint density at radius 2 is 2.21 bits per heavy atom. The first-order valence-electron chi connectivity index (χ1n) is 6.68. The van der Waals surface area contributed by atoms with Gasteiger partial charge in [0.15, 0.2) is 0 Å². The van der Waals surface area contributed by atoms with Crippen molar-refractivity contribution in [1.82, 2.24) is 5.32 Å². The summed E-state index contributed by atoms with van der Waals surface area (Å²) in [5, 5.41) is 12.0. The predicted octanol–water partition coefficient (Wildman–Crippen LogP) is 2.77. The lowest BCUT2D eigenvalue weighted by atomic mass is 9.97.